The van der Waals surface area contributed by atoms with Gasteiger partial charge in [-0.15, -0.1) is 0 Å². The lowest BCUT2D eigenvalue weighted by atomic mass is 9.97. The van der Waals surface area contributed by atoms with Gasteiger partial charge >= 0.3 is 11.9 Å². The summed E-state index contributed by atoms with van der Waals surface area (Å²) >= 11 is 0. The fourth-order valence-electron chi connectivity index (χ4n) is 1.76. The summed E-state index contributed by atoms with van der Waals surface area (Å²) in [4.78, 5) is 22.5. The number of aryl methyl sites for hydroxylation is 1. The minimum atomic E-state index is -1.10. The third-order valence-electron chi connectivity index (χ3n) is 2.59. The summed E-state index contributed by atoms with van der Waals surface area (Å²) in [5.74, 6) is -1.61. The van der Waals surface area contributed by atoms with Crippen LogP contribution in [0.4, 0.5) is 0 Å². The zero-order valence-electron chi connectivity index (χ0n) is 11.1. The lowest BCUT2D eigenvalue weighted by Gasteiger charge is -2.10. The minimum absolute atomic E-state index is 0.239. The number of aliphatic carboxylic acids is 1. The van der Waals surface area contributed by atoms with Crippen molar-refractivity contribution in [2.45, 2.75) is 19.8 Å². The molecule has 5 heteroatoms. The van der Waals surface area contributed by atoms with Crippen molar-refractivity contribution >= 4 is 18.0 Å². The van der Waals surface area contributed by atoms with Gasteiger partial charge in [-0.3, -0.25) is 0 Å². The highest BCUT2D eigenvalue weighted by molar-refractivity contribution is 5.96. The Bertz CT molecular complexity index is 570. The van der Waals surface area contributed by atoms with E-state index in [-0.39, 0.29) is 6.61 Å². The molecule has 0 atom stereocenters. The van der Waals surface area contributed by atoms with Crippen molar-refractivity contribution in [3.63, 3.8) is 0 Å². The van der Waals surface area contributed by atoms with Crippen LogP contribution in [0.5, 0.6) is 0 Å². The van der Waals surface area contributed by atoms with Gasteiger partial charge in [-0.2, -0.15) is 5.26 Å². The van der Waals surface area contributed by atoms with Crippen molar-refractivity contribution in [3.8, 4) is 6.07 Å². The van der Waals surface area contributed by atoms with Crippen LogP contribution >= 0.6 is 0 Å². The van der Waals surface area contributed by atoms with E-state index < -0.39 is 11.9 Å². The standard InChI is InChI=1S/C15H15NO4/c1-2-20-15(19)13-7-3-5-11(6-4-10-16)12(13)8-9-14(17)18/h3,5,7-9H,2,4,6H2,1H3,(H,17,18)/b9-8+. The first-order chi connectivity index (χ1) is 9.60. The number of ether oxygens (including phenoxy) is 1. The number of nitrogens with zero attached hydrogens (tertiary/aromatic N) is 1. The minimum Gasteiger partial charge on any atom is -0.478 e. The van der Waals surface area contributed by atoms with Crippen LogP contribution in [0, 0.1) is 11.3 Å². The highest BCUT2D eigenvalue weighted by Crippen LogP contribution is 2.19. The molecule has 0 bridgehead atoms. The maximum Gasteiger partial charge on any atom is 0.338 e. The Morgan fingerprint density at radius 2 is 2.20 bits per heavy atom. The van der Waals surface area contributed by atoms with E-state index in [9.17, 15) is 9.59 Å². The lowest BCUT2D eigenvalue weighted by molar-refractivity contribution is -0.131. The van der Waals surface area contributed by atoms with Crippen molar-refractivity contribution in [2.24, 2.45) is 0 Å². The number of benzene rings is 1. The number of carboxylic acids is 1. The summed E-state index contributed by atoms with van der Waals surface area (Å²) in [6, 6.07) is 7.06. The van der Waals surface area contributed by atoms with E-state index in [0.29, 0.717) is 24.0 Å². The molecule has 0 aliphatic rings. The molecule has 0 saturated heterocycles. The number of carboxylic acid groups (broad SMARTS) is 1. The number of rotatable bonds is 6. The van der Waals surface area contributed by atoms with Crippen LogP contribution in [0.3, 0.4) is 0 Å². The molecule has 0 unspecified atom stereocenters. The highest BCUT2D eigenvalue weighted by Gasteiger charge is 2.14. The normalized spacial score (nSPS) is 10.2. The average Bonchev–Trinajstić information content (AvgIpc) is 2.43. The van der Waals surface area contributed by atoms with Gasteiger partial charge in [0.25, 0.3) is 0 Å². The van der Waals surface area contributed by atoms with E-state index >= 15 is 0 Å². The van der Waals surface area contributed by atoms with E-state index in [4.69, 9.17) is 15.1 Å². The van der Waals surface area contributed by atoms with Crippen LogP contribution in [0.1, 0.15) is 34.8 Å². The van der Waals surface area contributed by atoms with Crippen molar-refractivity contribution in [1.82, 2.24) is 0 Å². The monoisotopic (exact) mass is 273 g/mol. The molecule has 1 rings (SSSR count). The predicted octanol–water partition coefficient (Wildman–Crippen LogP) is 2.42. The van der Waals surface area contributed by atoms with Gasteiger partial charge < -0.3 is 9.84 Å². The Labute approximate surface area is 117 Å². The average molecular weight is 273 g/mol. The molecule has 0 aromatic heterocycles. The van der Waals surface area contributed by atoms with Crippen molar-refractivity contribution in [1.29, 1.82) is 5.26 Å². The Morgan fingerprint density at radius 3 is 2.80 bits per heavy atom. The molecular formula is C15H15NO4. The second-order valence-corrected chi connectivity index (χ2v) is 3.93. The van der Waals surface area contributed by atoms with E-state index in [1.54, 1.807) is 25.1 Å². The SMILES string of the molecule is CCOC(=O)c1cccc(CCC#N)c1/C=C/C(=O)O. The number of nitriles is 1. The maximum absolute atomic E-state index is 11.9. The zero-order valence-corrected chi connectivity index (χ0v) is 11.1. The molecule has 0 aliphatic carbocycles. The van der Waals surface area contributed by atoms with Crippen molar-refractivity contribution in [2.75, 3.05) is 6.61 Å². The van der Waals surface area contributed by atoms with E-state index in [2.05, 4.69) is 0 Å². The van der Waals surface area contributed by atoms with Crippen LogP contribution in [0.15, 0.2) is 24.3 Å². The first kappa shape index (κ1) is 15.4. The van der Waals surface area contributed by atoms with Crippen molar-refractivity contribution < 1.29 is 19.4 Å². The highest BCUT2D eigenvalue weighted by atomic mass is 16.5. The summed E-state index contributed by atoms with van der Waals surface area (Å²) in [7, 11) is 0. The van der Waals surface area contributed by atoms with Gasteiger partial charge in [0.05, 0.1) is 18.2 Å². The Balaban J connectivity index is 3.24. The fourth-order valence-corrected chi connectivity index (χ4v) is 1.76. The lowest BCUT2D eigenvalue weighted by Crippen LogP contribution is -2.08. The molecular weight excluding hydrogens is 258 g/mol. The van der Waals surface area contributed by atoms with Crippen LogP contribution in [0.2, 0.25) is 0 Å². The van der Waals surface area contributed by atoms with Gasteiger partial charge in [-0.25, -0.2) is 9.59 Å². The molecule has 5 nitrogen and oxygen atoms in total. The smallest absolute Gasteiger partial charge is 0.338 e. The molecule has 104 valence electrons. The molecule has 0 spiro atoms. The quantitative estimate of drug-likeness (QED) is 0.635. The largest absolute Gasteiger partial charge is 0.478 e. The third-order valence-corrected chi connectivity index (χ3v) is 2.59. The molecule has 0 saturated carbocycles. The predicted molar refractivity (Wildman–Crippen MR) is 73.0 cm³/mol. The molecule has 0 heterocycles. The van der Waals surface area contributed by atoms with Crippen LogP contribution in [0.25, 0.3) is 6.08 Å². The van der Waals surface area contributed by atoms with Gasteiger partial charge in [0.2, 0.25) is 0 Å². The number of hydrogen-bond donors (Lipinski definition) is 1. The van der Waals surface area contributed by atoms with Gasteiger partial charge in [-0.1, -0.05) is 12.1 Å². The number of carbonyl (C=O) groups excluding carboxylic acids is 1. The van der Waals surface area contributed by atoms with Crippen molar-refractivity contribution in [3.05, 3.63) is 41.0 Å². The van der Waals surface area contributed by atoms with Gasteiger partial charge in [0.1, 0.15) is 0 Å². The van der Waals surface area contributed by atoms with Gasteiger partial charge in [0.15, 0.2) is 0 Å². The Hall–Kier alpha value is -2.61. The number of esters is 1. The second kappa shape index (κ2) is 7.74. The molecule has 0 fully saturated rings. The van der Waals surface area contributed by atoms with E-state index in [0.717, 1.165) is 11.6 Å². The van der Waals surface area contributed by atoms with E-state index in [1.807, 2.05) is 6.07 Å². The first-order valence-electron chi connectivity index (χ1n) is 6.17. The summed E-state index contributed by atoms with van der Waals surface area (Å²) in [6.45, 7) is 1.94. The maximum atomic E-state index is 11.9. The Kier molecular flexibility index (Phi) is 5.98. The molecule has 1 aromatic carbocycles. The van der Waals surface area contributed by atoms with Gasteiger partial charge in [-0.05, 0) is 36.6 Å². The van der Waals surface area contributed by atoms with Crippen LogP contribution in [-0.4, -0.2) is 23.7 Å². The summed E-state index contributed by atoms with van der Waals surface area (Å²) in [5.41, 5.74) is 1.54. The van der Waals surface area contributed by atoms with Gasteiger partial charge in [0, 0.05) is 12.5 Å². The third kappa shape index (κ3) is 4.25. The van der Waals surface area contributed by atoms with E-state index in [1.165, 1.54) is 6.08 Å². The van der Waals surface area contributed by atoms with Crippen LogP contribution < -0.4 is 0 Å². The second-order valence-electron chi connectivity index (χ2n) is 3.93. The molecule has 1 aromatic rings. The number of hydrogen-bond acceptors (Lipinski definition) is 4. The molecule has 20 heavy (non-hydrogen) atoms. The van der Waals surface area contributed by atoms with Crippen LogP contribution in [-0.2, 0) is 16.0 Å². The zero-order chi connectivity index (χ0) is 15.0. The summed E-state index contributed by atoms with van der Waals surface area (Å²) in [6.07, 6.45) is 3.07. The topological polar surface area (TPSA) is 87.4 Å². The fraction of sp³-hybridized carbons (Fsp3) is 0.267. The number of carbonyl (C=O) groups is 2. The Morgan fingerprint density at radius 1 is 1.45 bits per heavy atom. The first-order valence-corrected chi connectivity index (χ1v) is 6.17. The molecule has 1 N–H and O–H groups in total. The summed E-state index contributed by atoms with van der Waals surface area (Å²) in [5, 5.41) is 17.4. The molecule has 0 radical (unpaired) electrons. The molecule has 0 amide bonds. The summed E-state index contributed by atoms with van der Waals surface area (Å²) < 4.78 is 4.95. The molecule has 0 aliphatic heterocycles.